The number of carbonyl (C=O) groups excluding carboxylic acids is 3. The van der Waals surface area contributed by atoms with Crippen molar-refractivity contribution in [2.75, 3.05) is 6.54 Å². The Morgan fingerprint density at radius 1 is 0.857 bits per heavy atom. The molecule has 0 rings (SSSR count). The van der Waals surface area contributed by atoms with E-state index in [1.54, 1.807) is 0 Å². The SMILES string of the molecule is C[C@H](NC(=O)[C@H](C)NC(=O)[C@@H](N)CCCCN)C(=O)N[C@@H](CC(=O)O)C(=O)O. The Hall–Kier alpha value is -2.73. The Balaban J connectivity index is 4.57. The molecule has 0 aromatic heterocycles. The molecule has 0 heterocycles. The Morgan fingerprint density at radius 2 is 1.36 bits per heavy atom. The summed E-state index contributed by atoms with van der Waals surface area (Å²) in [5.41, 5.74) is 11.1. The van der Waals surface area contributed by atoms with Crippen LogP contribution in [0, 0.1) is 0 Å². The Labute approximate surface area is 162 Å². The standard InChI is InChI=1S/C16H29N5O7/c1-8(20-15(26)10(18)5-3-4-6-17)13(24)19-9(2)14(25)21-11(16(27)28)7-12(22)23/h8-11H,3-7,17-18H2,1-2H3,(H,19,24)(H,20,26)(H,21,25)(H,22,23)(H,27,28)/t8-,9-,10-,11-/m0/s1. The molecule has 0 aliphatic rings. The van der Waals surface area contributed by atoms with Gasteiger partial charge in [-0.05, 0) is 33.2 Å². The van der Waals surface area contributed by atoms with Crippen molar-refractivity contribution in [3.63, 3.8) is 0 Å². The fourth-order valence-electron chi connectivity index (χ4n) is 2.10. The topological polar surface area (TPSA) is 214 Å². The van der Waals surface area contributed by atoms with Crippen molar-refractivity contribution >= 4 is 29.7 Å². The van der Waals surface area contributed by atoms with Gasteiger partial charge in [0.15, 0.2) is 0 Å². The minimum absolute atomic E-state index is 0.413. The van der Waals surface area contributed by atoms with Gasteiger partial charge < -0.3 is 37.6 Å². The number of nitrogens with two attached hydrogens (primary N) is 2. The maximum absolute atomic E-state index is 12.1. The van der Waals surface area contributed by atoms with Crippen molar-refractivity contribution in [2.45, 2.75) is 63.7 Å². The van der Waals surface area contributed by atoms with Gasteiger partial charge in [-0.15, -0.1) is 0 Å². The van der Waals surface area contributed by atoms with Crippen LogP contribution in [0.5, 0.6) is 0 Å². The molecule has 4 atom stereocenters. The van der Waals surface area contributed by atoms with Gasteiger partial charge in [0.2, 0.25) is 17.7 Å². The summed E-state index contributed by atoms with van der Waals surface area (Å²) in [7, 11) is 0. The smallest absolute Gasteiger partial charge is 0.326 e. The molecule has 0 aromatic carbocycles. The van der Waals surface area contributed by atoms with Crippen LogP contribution < -0.4 is 27.4 Å². The van der Waals surface area contributed by atoms with Gasteiger partial charge in [-0.25, -0.2) is 4.79 Å². The number of nitrogens with one attached hydrogen (secondary N) is 3. The highest BCUT2D eigenvalue weighted by Crippen LogP contribution is 1.99. The van der Waals surface area contributed by atoms with Crippen molar-refractivity contribution in [3.8, 4) is 0 Å². The van der Waals surface area contributed by atoms with Crippen LogP contribution in [-0.4, -0.2) is 70.6 Å². The Kier molecular flexibility index (Phi) is 11.4. The lowest BCUT2D eigenvalue weighted by Crippen LogP contribution is -2.55. The van der Waals surface area contributed by atoms with Gasteiger partial charge in [0, 0.05) is 0 Å². The molecule has 0 aromatic rings. The van der Waals surface area contributed by atoms with Gasteiger partial charge in [0.1, 0.15) is 18.1 Å². The predicted molar refractivity (Wildman–Crippen MR) is 97.9 cm³/mol. The summed E-state index contributed by atoms with van der Waals surface area (Å²) in [6.07, 6.45) is 0.999. The molecule has 0 aliphatic heterocycles. The van der Waals surface area contributed by atoms with Gasteiger partial charge >= 0.3 is 11.9 Å². The van der Waals surface area contributed by atoms with Crippen molar-refractivity contribution < 1.29 is 34.2 Å². The molecule has 160 valence electrons. The molecular formula is C16H29N5O7. The molecule has 28 heavy (non-hydrogen) atoms. The van der Waals surface area contributed by atoms with Crippen LogP contribution in [-0.2, 0) is 24.0 Å². The average molecular weight is 403 g/mol. The highest BCUT2D eigenvalue weighted by atomic mass is 16.4. The largest absolute Gasteiger partial charge is 0.481 e. The van der Waals surface area contributed by atoms with Crippen molar-refractivity contribution in [1.29, 1.82) is 0 Å². The molecule has 0 radical (unpaired) electrons. The summed E-state index contributed by atoms with van der Waals surface area (Å²) in [6, 6.07) is -4.57. The van der Waals surface area contributed by atoms with Gasteiger partial charge in [0.25, 0.3) is 0 Å². The lowest BCUT2D eigenvalue weighted by Gasteiger charge is -2.21. The third-order valence-electron chi connectivity index (χ3n) is 3.80. The molecule has 0 saturated heterocycles. The number of hydrogen-bond donors (Lipinski definition) is 7. The van der Waals surface area contributed by atoms with Crippen LogP contribution in [0.1, 0.15) is 39.5 Å². The van der Waals surface area contributed by atoms with Crippen molar-refractivity contribution in [2.24, 2.45) is 11.5 Å². The lowest BCUT2D eigenvalue weighted by atomic mass is 10.1. The summed E-state index contributed by atoms with van der Waals surface area (Å²) in [5, 5.41) is 24.3. The lowest BCUT2D eigenvalue weighted by molar-refractivity contribution is -0.147. The van der Waals surface area contributed by atoms with Crippen LogP contribution in [0.25, 0.3) is 0 Å². The first-order valence-electron chi connectivity index (χ1n) is 8.80. The van der Waals surface area contributed by atoms with Gasteiger partial charge in [-0.2, -0.15) is 0 Å². The second kappa shape index (κ2) is 12.6. The molecule has 0 unspecified atom stereocenters. The molecule has 0 fully saturated rings. The van der Waals surface area contributed by atoms with Gasteiger partial charge in [0.05, 0.1) is 12.5 Å². The van der Waals surface area contributed by atoms with E-state index in [1.807, 2.05) is 5.32 Å². The third-order valence-corrected chi connectivity index (χ3v) is 3.80. The van der Waals surface area contributed by atoms with Crippen LogP contribution in [0.15, 0.2) is 0 Å². The number of aliphatic carboxylic acids is 2. The van der Waals surface area contributed by atoms with Crippen molar-refractivity contribution in [3.05, 3.63) is 0 Å². The minimum Gasteiger partial charge on any atom is -0.481 e. The zero-order valence-corrected chi connectivity index (χ0v) is 15.9. The Bertz CT molecular complexity index is 584. The monoisotopic (exact) mass is 403 g/mol. The zero-order chi connectivity index (χ0) is 21.9. The molecule has 0 aliphatic carbocycles. The fraction of sp³-hybridized carbons (Fsp3) is 0.688. The van der Waals surface area contributed by atoms with E-state index in [2.05, 4.69) is 10.6 Å². The van der Waals surface area contributed by atoms with Crippen LogP contribution in [0.2, 0.25) is 0 Å². The van der Waals surface area contributed by atoms with E-state index in [9.17, 15) is 24.0 Å². The van der Waals surface area contributed by atoms with E-state index in [0.29, 0.717) is 19.4 Å². The highest BCUT2D eigenvalue weighted by Gasteiger charge is 2.27. The number of carbonyl (C=O) groups is 5. The summed E-state index contributed by atoms with van der Waals surface area (Å²) >= 11 is 0. The van der Waals surface area contributed by atoms with Crippen LogP contribution in [0.4, 0.5) is 0 Å². The molecule has 3 amide bonds. The average Bonchev–Trinajstić information content (AvgIpc) is 2.60. The molecule has 0 spiro atoms. The first-order chi connectivity index (χ1) is 13.0. The molecule has 12 heteroatoms. The van der Waals surface area contributed by atoms with E-state index >= 15 is 0 Å². The van der Waals surface area contributed by atoms with Gasteiger partial charge in [-0.3, -0.25) is 19.2 Å². The van der Waals surface area contributed by atoms with Crippen LogP contribution in [0.3, 0.4) is 0 Å². The molecule has 0 saturated carbocycles. The quantitative estimate of drug-likeness (QED) is 0.161. The minimum atomic E-state index is -1.63. The molecule has 9 N–H and O–H groups in total. The van der Waals surface area contributed by atoms with E-state index in [1.165, 1.54) is 13.8 Å². The number of carboxylic acids is 2. The van der Waals surface area contributed by atoms with Crippen molar-refractivity contribution in [1.82, 2.24) is 16.0 Å². The van der Waals surface area contributed by atoms with E-state index in [4.69, 9.17) is 21.7 Å². The summed E-state index contributed by atoms with van der Waals surface area (Å²) in [5.74, 6) is -5.00. The maximum atomic E-state index is 12.1. The zero-order valence-electron chi connectivity index (χ0n) is 15.9. The second-order valence-corrected chi connectivity index (χ2v) is 6.35. The van der Waals surface area contributed by atoms with Gasteiger partial charge in [-0.1, -0.05) is 6.42 Å². The van der Waals surface area contributed by atoms with E-state index < -0.39 is 60.2 Å². The summed E-state index contributed by atoms with van der Waals surface area (Å²) in [4.78, 5) is 57.6. The number of amides is 3. The first-order valence-corrected chi connectivity index (χ1v) is 8.80. The third kappa shape index (κ3) is 9.83. The number of carboxylic acid groups (broad SMARTS) is 2. The van der Waals surface area contributed by atoms with E-state index in [-0.39, 0.29) is 0 Å². The first kappa shape index (κ1) is 25.3. The predicted octanol–water partition coefficient (Wildman–Crippen LogP) is -2.50. The molecule has 12 nitrogen and oxygen atoms in total. The normalized spacial score (nSPS) is 14.9. The number of unbranched alkanes of at least 4 members (excludes halogenated alkanes) is 1. The fourth-order valence-corrected chi connectivity index (χ4v) is 2.10. The maximum Gasteiger partial charge on any atom is 0.326 e. The second-order valence-electron chi connectivity index (χ2n) is 6.35. The summed E-state index contributed by atoms with van der Waals surface area (Å²) in [6.45, 7) is 3.18. The molecular weight excluding hydrogens is 374 g/mol. The number of hydrogen-bond acceptors (Lipinski definition) is 7. The Morgan fingerprint density at radius 3 is 1.82 bits per heavy atom. The molecule has 0 bridgehead atoms. The number of rotatable bonds is 13. The summed E-state index contributed by atoms with van der Waals surface area (Å²) < 4.78 is 0. The van der Waals surface area contributed by atoms with E-state index in [0.717, 1.165) is 6.42 Å². The highest BCUT2D eigenvalue weighted by molar-refractivity contribution is 5.94. The van der Waals surface area contributed by atoms with Crippen LogP contribution >= 0.6 is 0 Å².